The van der Waals surface area contributed by atoms with Gasteiger partial charge in [0.1, 0.15) is 0 Å². The van der Waals surface area contributed by atoms with E-state index < -0.39 is 5.41 Å². The van der Waals surface area contributed by atoms with Gasteiger partial charge < -0.3 is 10.6 Å². The zero-order valence-corrected chi connectivity index (χ0v) is 12.8. The van der Waals surface area contributed by atoms with Crippen molar-refractivity contribution in [1.29, 1.82) is 0 Å². The molecule has 0 saturated heterocycles. The van der Waals surface area contributed by atoms with Gasteiger partial charge in [0.05, 0.1) is 16.8 Å². The molecular formula is C16H22N4O. The Balaban J connectivity index is 1.91. The Labute approximate surface area is 125 Å². The number of rotatable bonds is 6. The van der Waals surface area contributed by atoms with Crippen LogP contribution in [0.15, 0.2) is 42.6 Å². The molecule has 0 radical (unpaired) electrons. The topological polar surface area (TPSA) is 59.0 Å². The Morgan fingerprint density at radius 2 is 1.95 bits per heavy atom. The molecule has 0 aliphatic heterocycles. The van der Waals surface area contributed by atoms with Crippen molar-refractivity contribution in [3.8, 4) is 5.69 Å². The van der Waals surface area contributed by atoms with E-state index in [-0.39, 0.29) is 5.91 Å². The molecule has 0 fully saturated rings. The van der Waals surface area contributed by atoms with Crippen molar-refractivity contribution in [2.45, 2.75) is 20.4 Å². The van der Waals surface area contributed by atoms with Gasteiger partial charge in [-0.15, -0.1) is 0 Å². The van der Waals surface area contributed by atoms with E-state index in [2.05, 4.69) is 15.7 Å². The van der Waals surface area contributed by atoms with Crippen LogP contribution >= 0.6 is 0 Å². The van der Waals surface area contributed by atoms with E-state index in [0.717, 1.165) is 11.4 Å². The maximum atomic E-state index is 11.7. The maximum Gasteiger partial charge on any atom is 0.226 e. The van der Waals surface area contributed by atoms with Gasteiger partial charge in [-0.25, -0.2) is 4.68 Å². The largest absolute Gasteiger partial charge is 0.359 e. The first-order valence-electron chi connectivity index (χ1n) is 7.06. The summed E-state index contributed by atoms with van der Waals surface area (Å²) in [6, 6.07) is 12.0. The smallest absolute Gasteiger partial charge is 0.226 e. The van der Waals surface area contributed by atoms with Gasteiger partial charge in [0, 0.05) is 26.3 Å². The maximum absolute atomic E-state index is 11.7. The van der Waals surface area contributed by atoms with E-state index >= 15 is 0 Å². The van der Waals surface area contributed by atoms with Crippen molar-refractivity contribution in [1.82, 2.24) is 20.4 Å². The van der Waals surface area contributed by atoms with Crippen molar-refractivity contribution < 1.29 is 4.79 Å². The van der Waals surface area contributed by atoms with Gasteiger partial charge >= 0.3 is 0 Å². The van der Waals surface area contributed by atoms with Crippen molar-refractivity contribution in [2.24, 2.45) is 5.41 Å². The van der Waals surface area contributed by atoms with Crippen LogP contribution in [0, 0.1) is 5.41 Å². The normalized spacial score (nSPS) is 11.4. The minimum atomic E-state index is -0.434. The first-order chi connectivity index (χ1) is 10.0. The van der Waals surface area contributed by atoms with Crippen molar-refractivity contribution in [2.75, 3.05) is 13.6 Å². The quantitative estimate of drug-likeness (QED) is 0.850. The third-order valence-corrected chi connectivity index (χ3v) is 3.38. The molecule has 2 aromatic rings. The van der Waals surface area contributed by atoms with Crippen LogP contribution in [-0.2, 0) is 11.3 Å². The third kappa shape index (κ3) is 3.92. The standard InChI is InChI=1S/C16H22N4O/c1-16(2,15(21)17-3)12-18-11-13-9-10-20(19-13)14-7-5-4-6-8-14/h4-10,18H,11-12H2,1-3H3,(H,17,21). The lowest BCUT2D eigenvalue weighted by atomic mass is 9.92. The minimum Gasteiger partial charge on any atom is -0.359 e. The number of nitrogens with one attached hydrogen (secondary N) is 2. The first kappa shape index (κ1) is 15.3. The van der Waals surface area contributed by atoms with Crippen LogP contribution in [0.5, 0.6) is 0 Å². The van der Waals surface area contributed by atoms with Crippen LogP contribution in [0.2, 0.25) is 0 Å². The highest BCUT2D eigenvalue weighted by atomic mass is 16.2. The van der Waals surface area contributed by atoms with E-state index in [0.29, 0.717) is 13.1 Å². The van der Waals surface area contributed by atoms with E-state index in [1.807, 2.05) is 61.1 Å². The predicted octanol–water partition coefficient (Wildman–Crippen LogP) is 1.73. The molecular weight excluding hydrogens is 264 g/mol. The van der Waals surface area contributed by atoms with Gasteiger partial charge in [0.25, 0.3) is 0 Å². The molecule has 5 heteroatoms. The molecule has 0 aliphatic rings. The number of hydrogen-bond donors (Lipinski definition) is 2. The Hall–Kier alpha value is -2.14. The summed E-state index contributed by atoms with van der Waals surface area (Å²) in [6.45, 7) is 5.08. The van der Waals surface area contributed by atoms with Crippen LogP contribution in [0.25, 0.3) is 5.69 Å². The van der Waals surface area contributed by atoms with Gasteiger partial charge in [-0.1, -0.05) is 18.2 Å². The second kappa shape index (κ2) is 6.54. The van der Waals surface area contributed by atoms with Crippen molar-refractivity contribution in [3.05, 3.63) is 48.3 Å². The summed E-state index contributed by atoms with van der Waals surface area (Å²) in [6.07, 6.45) is 1.94. The van der Waals surface area contributed by atoms with E-state index in [1.54, 1.807) is 7.05 Å². The highest BCUT2D eigenvalue weighted by molar-refractivity contribution is 5.81. The molecule has 1 aromatic heterocycles. The summed E-state index contributed by atoms with van der Waals surface area (Å²) in [5, 5.41) is 10.5. The minimum absolute atomic E-state index is 0.0322. The molecule has 112 valence electrons. The van der Waals surface area contributed by atoms with Crippen LogP contribution in [0.1, 0.15) is 19.5 Å². The number of amides is 1. The molecule has 0 saturated carbocycles. The van der Waals surface area contributed by atoms with Crippen molar-refractivity contribution in [3.63, 3.8) is 0 Å². The second-order valence-corrected chi connectivity index (χ2v) is 5.65. The summed E-state index contributed by atoms with van der Waals surface area (Å²) in [5.74, 6) is 0.0322. The van der Waals surface area contributed by atoms with Crippen LogP contribution in [0.3, 0.4) is 0 Å². The average Bonchev–Trinajstić information content (AvgIpc) is 2.96. The van der Waals surface area contributed by atoms with Gasteiger partial charge in [-0.3, -0.25) is 4.79 Å². The number of aromatic nitrogens is 2. The SMILES string of the molecule is CNC(=O)C(C)(C)CNCc1ccn(-c2ccccc2)n1. The number of nitrogens with zero attached hydrogens (tertiary/aromatic N) is 2. The summed E-state index contributed by atoms with van der Waals surface area (Å²) in [5.41, 5.74) is 1.55. The molecule has 0 bridgehead atoms. The molecule has 1 heterocycles. The highest BCUT2D eigenvalue weighted by Crippen LogP contribution is 2.13. The number of benzene rings is 1. The van der Waals surface area contributed by atoms with Gasteiger partial charge in [0.2, 0.25) is 5.91 Å². The highest BCUT2D eigenvalue weighted by Gasteiger charge is 2.25. The second-order valence-electron chi connectivity index (χ2n) is 5.65. The number of carbonyl (C=O) groups excluding carboxylic acids is 1. The van der Waals surface area contributed by atoms with E-state index in [9.17, 15) is 4.79 Å². The van der Waals surface area contributed by atoms with Crippen LogP contribution in [-0.4, -0.2) is 29.3 Å². The summed E-state index contributed by atoms with van der Waals surface area (Å²) >= 11 is 0. The zero-order chi connectivity index (χ0) is 15.3. The van der Waals surface area contributed by atoms with E-state index in [1.165, 1.54) is 0 Å². The van der Waals surface area contributed by atoms with Gasteiger partial charge in [-0.2, -0.15) is 5.10 Å². The number of hydrogen-bond acceptors (Lipinski definition) is 3. The summed E-state index contributed by atoms with van der Waals surface area (Å²) in [7, 11) is 1.66. The molecule has 1 aromatic carbocycles. The Bertz CT molecular complexity index is 589. The predicted molar refractivity (Wildman–Crippen MR) is 83.1 cm³/mol. The molecule has 0 spiro atoms. The zero-order valence-electron chi connectivity index (χ0n) is 12.8. The monoisotopic (exact) mass is 286 g/mol. The first-order valence-corrected chi connectivity index (χ1v) is 7.06. The Morgan fingerprint density at radius 3 is 2.62 bits per heavy atom. The lowest BCUT2D eigenvalue weighted by Gasteiger charge is -2.22. The lowest BCUT2D eigenvalue weighted by molar-refractivity contribution is -0.128. The molecule has 2 N–H and O–H groups in total. The molecule has 21 heavy (non-hydrogen) atoms. The Morgan fingerprint density at radius 1 is 1.24 bits per heavy atom. The molecule has 0 atom stereocenters. The third-order valence-electron chi connectivity index (χ3n) is 3.38. The molecule has 2 rings (SSSR count). The van der Waals surface area contributed by atoms with E-state index in [4.69, 9.17) is 0 Å². The lowest BCUT2D eigenvalue weighted by Crippen LogP contribution is -2.41. The van der Waals surface area contributed by atoms with Gasteiger partial charge in [-0.05, 0) is 32.0 Å². The van der Waals surface area contributed by atoms with Crippen LogP contribution in [0.4, 0.5) is 0 Å². The molecule has 1 amide bonds. The van der Waals surface area contributed by atoms with Gasteiger partial charge in [0.15, 0.2) is 0 Å². The fourth-order valence-electron chi connectivity index (χ4n) is 2.10. The fourth-order valence-corrected chi connectivity index (χ4v) is 2.10. The van der Waals surface area contributed by atoms with Crippen molar-refractivity contribution >= 4 is 5.91 Å². The fraction of sp³-hybridized carbons (Fsp3) is 0.375. The Kier molecular flexibility index (Phi) is 4.75. The summed E-state index contributed by atoms with van der Waals surface area (Å²) < 4.78 is 1.85. The molecule has 5 nitrogen and oxygen atoms in total. The molecule has 0 unspecified atom stereocenters. The summed E-state index contributed by atoms with van der Waals surface area (Å²) in [4.78, 5) is 11.7. The number of carbonyl (C=O) groups is 1. The van der Waals surface area contributed by atoms with Crippen LogP contribution < -0.4 is 10.6 Å². The molecule has 0 aliphatic carbocycles. The number of para-hydroxylation sites is 1. The average molecular weight is 286 g/mol.